The summed E-state index contributed by atoms with van der Waals surface area (Å²) in [7, 11) is 1.58. The van der Waals surface area contributed by atoms with Gasteiger partial charge in [-0.1, -0.05) is 48.0 Å². The number of methoxy groups -OCH3 is 1. The lowest BCUT2D eigenvalue weighted by Crippen LogP contribution is -2.32. The Balaban J connectivity index is 1.76. The van der Waals surface area contributed by atoms with Crippen molar-refractivity contribution >= 4 is 34.7 Å². The zero-order chi connectivity index (χ0) is 22.8. The minimum absolute atomic E-state index is 0.0924. The second-order valence-electron chi connectivity index (χ2n) is 7.69. The summed E-state index contributed by atoms with van der Waals surface area (Å²) in [6.45, 7) is 4.12. The summed E-state index contributed by atoms with van der Waals surface area (Å²) in [6.07, 6.45) is 0. The molecule has 0 atom stereocenters. The maximum atomic E-state index is 13.4. The molecule has 1 aliphatic rings. The molecule has 0 radical (unpaired) electrons. The Morgan fingerprint density at radius 2 is 1.62 bits per heavy atom. The molecule has 5 nitrogen and oxygen atoms in total. The fourth-order valence-electron chi connectivity index (χ4n) is 3.62. The molecule has 162 valence electrons. The topological polar surface area (TPSA) is 58.6 Å². The van der Waals surface area contributed by atoms with Crippen LogP contribution in [0.1, 0.15) is 22.3 Å². The van der Waals surface area contributed by atoms with Gasteiger partial charge in [0.05, 0.1) is 19.2 Å². The van der Waals surface area contributed by atoms with E-state index in [4.69, 9.17) is 16.3 Å². The number of imide groups is 1. The molecule has 3 aromatic rings. The van der Waals surface area contributed by atoms with Gasteiger partial charge in [-0.05, 0) is 66.4 Å². The SMILES string of the molecule is COc1ccc(C2=C(Nc3ccc(C)c(C)c3)C(=O)N(Cc3ccccc3Cl)C2=O)cc1. The van der Waals surface area contributed by atoms with Crippen molar-refractivity contribution in [3.05, 3.63) is 99.7 Å². The van der Waals surface area contributed by atoms with Crippen molar-refractivity contribution in [1.29, 1.82) is 0 Å². The first kappa shape index (κ1) is 21.7. The van der Waals surface area contributed by atoms with Gasteiger partial charge < -0.3 is 10.1 Å². The van der Waals surface area contributed by atoms with Crippen molar-refractivity contribution < 1.29 is 14.3 Å². The van der Waals surface area contributed by atoms with Gasteiger partial charge in [0.25, 0.3) is 11.8 Å². The number of nitrogens with zero attached hydrogens (tertiary/aromatic N) is 1. The molecule has 32 heavy (non-hydrogen) atoms. The van der Waals surface area contributed by atoms with Crippen LogP contribution in [-0.2, 0) is 16.1 Å². The summed E-state index contributed by atoms with van der Waals surface area (Å²) in [6, 6.07) is 20.1. The number of amides is 2. The quantitative estimate of drug-likeness (QED) is 0.518. The maximum Gasteiger partial charge on any atom is 0.278 e. The average molecular weight is 447 g/mol. The van der Waals surface area contributed by atoms with E-state index in [0.717, 1.165) is 16.8 Å². The lowest BCUT2D eigenvalue weighted by Gasteiger charge is -2.16. The number of nitrogens with one attached hydrogen (secondary N) is 1. The summed E-state index contributed by atoms with van der Waals surface area (Å²) in [5.74, 6) is -0.0897. The van der Waals surface area contributed by atoms with Gasteiger partial charge in [-0.2, -0.15) is 0 Å². The number of hydrogen-bond donors (Lipinski definition) is 1. The third-order valence-corrected chi connectivity index (χ3v) is 5.98. The van der Waals surface area contributed by atoms with Crippen molar-refractivity contribution in [2.75, 3.05) is 12.4 Å². The number of halogens is 1. The second-order valence-corrected chi connectivity index (χ2v) is 8.10. The first-order valence-corrected chi connectivity index (χ1v) is 10.6. The highest BCUT2D eigenvalue weighted by Crippen LogP contribution is 2.33. The van der Waals surface area contributed by atoms with Crippen LogP contribution >= 0.6 is 11.6 Å². The minimum atomic E-state index is -0.390. The van der Waals surface area contributed by atoms with Gasteiger partial charge in [-0.25, -0.2) is 0 Å². The van der Waals surface area contributed by atoms with E-state index in [2.05, 4.69) is 5.32 Å². The van der Waals surface area contributed by atoms with Crippen molar-refractivity contribution in [2.24, 2.45) is 0 Å². The number of carbonyl (C=O) groups is 2. The highest BCUT2D eigenvalue weighted by molar-refractivity contribution is 6.36. The number of anilines is 1. The summed E-state index contributed by atoms with van der Waals surface area (Å²) in [5, 5.41) is 3.71. The normalized spacial score (nSPS) is 13.7. The van der Waals surface area contributed by atoms with Crippen LogP contribution in [0.25, 0.3) is 5.57 Å². The fourth-order valence-corrected chi connectivity index (χ4v) is 3.82. The minimum Gasteiger partial charge on any atom is -0.497 e. The molecule has 4 rings (SSSR count). The molecule has 2 amide bonds. The molecule has 1 aliphatic heterocycles. The van der Waals surface area contributed by atoms with E-state index in [1.165, 1.54) is 4.90 Å². The molecule has 0 aliphatic carbocycles. The number of ether oxygens (including phenoxy) is 1. The highest BCUT2D eigenvalue weighted by Gasteiger charge is 2.39. The van der Waals surface area contributed by atoms with Gasteiger partial charge in [-0.3, -0.25) is 14.5 Å². The number of aryl methyl sites for hydroxylation is 2. The van der Waals surface area contributed by atoms with E-state index >= 15 is 0 Å². The molecule has 0 aromatic heterocycles. The van der Waals surface area contributed by atoms with Crippen molar-refractivity contribution in [3.63, 3.8) is 0 Å². The van der Waals surface area contributed by atoms with Crippen LogP contribution in [0.5, 0.6) is 5.75 Å². The smallest absolute Gasteiger partial charge is 0.278 e. The van der Waals surface area contributed by atoms with E-state index in [1.807, 2.05) is 50.2 Å². The Morgan fingerprint density at radius 3 is 2.28 bits per heavy atom. The van der Waals surface area contributed by atoms with Crippen molar-refractivity contribution in [1.82, 2.24) is 4.90 Å². The molecule has 0 fully saturated rings. The summed E-state index contributed by atoms with van der Waals surface area (Å²) < 4.78 is 5.23. The standard InChI is InChI=1S/C26H23ClN2O3/c1-16-8-11-20(14-17(16)2)28-24-23(18-9-12-21(32-3)13-10-18)25(30)29(26(24)31)15-19-6-4-5-7-22(19)27/h4-14,28H,15H2,1-3H3. The molecular formula is C26H23ClN2O3. The van der Waals surface area contributed by atoms with Gasteiger partial charge >= 0.3 is 0 Å². The van der Waals surface area contributed by atoms with Crippen LogP contribution < -0.4 is 10.1 Å². The molecule has 0 saturated heterocycles. The molecule has 3 aromatic carbocycles. The first-order valence-electron chi connectivity index (χ1n) is 10.2. The molecule has 0 bridgehead atoms. The summed E-state index contributed by atoms with van der Waals surface area (Å²) in [5.41, 5.74) is 4.89. The first-order chi connectivity index (χ1) is 15.4. The summed E-state index contributed by atoms with van der Waals surface area (Å²) >= 11 is 6.29. The van der Waals surface area contributed by atoms with Gasteiger partial charge in [0.1, 0.15) is 11.4 Å². The van der Waals surface area contributed by atoms with E-state index in [-0.39, 0.29) is 24.1 Å². The molecule has 6 heteroatoms. The van der Waals surface area contributed by atoms with Crippen LogP contribution in [0, 0.1) is 13.8 Å². The Morgan fingerprint density at radius 1 is 0.906 bits per heavy atom. The Hall–Kier alpha value is -3.57. The molecule has 0 unspecified atom stereocenters. The third kappa shape index (κ3) is 4.12. The molecule has 1 N–H and O–H groups in total. The van der Waals surface area contributed by atoms with Crippen molar-refractivity contribution in [2.45, 2.75) is 20.4 Å². The zero-order valence-electron chi connectivity index (χ0n) is 18.1. The number of carbonyl (C=O) groups excluding carboxylic acids is 2. The number of hydrogen-bond acceptors (Lipinski definition) is 4. The van der Waals surface area contributed by atoms with E-state index < -0.39 is 0 Å². The predicted octanol–water partition coefficient (Wildman–Crippen LogP) is 5.36. The van der Waals surface area contributed by atoms with E-state index in [1.54, 1.807) is 37.4 Å². The van der Waals surface area contributed by atoms with Gasteiger partial charge in [0.2, 0.25) is 0 Å². The predicted molar refractivity (Wildman–Crippen MR) is 126 cm³/mol. The number of benzene rings is 3. The second kappa shape index (κ2) is 8.89. The van der Waals surface area contributed by atoms with Crippen LogP contribution in [-0.4, -0.2) is 23.8 Å². The number of rotatable bonds is 6. The van der Waals surface area contributed by atoms with Crippen LogP contribution in [0.3, 0.4) is 0 Å². The van der Waals surface area contributed by atoms with E-state index in [9.17, 15) is 9.59 Å². The molecular weight excluding hydrogens is 424 g/mol. The van der Waals surface area contributed by atoms with Crippen LogP contribution in [0.15, 0.2) is 72.4 Å². The van der Waals surface area contributed by atoms with Gasteiger partial charge in [0, 0.05) is 10.7 Å². The summed E-state index contributed by atoms with van der Waals surface area (Å²) in [4.78, 5) is 28.1. The molecule has 0 spiro atoms. The van der Waals surface area contributed by atoms with Crippen LogP contribution in [0.4, 0.5) is 5.69 Å². The zero-order valence-corrected chi connectivity index (χ0v) is 18.9. The Kier molecular flexibility index (Phi) is 6.01. The van der Waals surface area contributed by atoms with Crippen molar-refractivity contribution in [3.8, 4) is 5.75 Å². The molecule has 1 heterocycles. The Bertz CT molecular complexity index is 1230. The fraction of sp³-hybridized carbons (Fsp3) is 0.154. The maximum absolute atomic E-state index is 13.4. The van der Waals surface area contributed by atoms with E-state index in [0.29, 0.717) is 27.5 Å². The average Bonchev–Trinajstić information content (AvgIpc) is 3.02. The lowest BCUT2D eigenvalue weighted by molar-refractivity contribution is -0.137. The largest absolute Gasteiger partial charge is 0.497 e. The van der Waals surface area contributed by atoms with Gasteiger partial charge in [0.15, 0.2) is 0 Å². The monoisotopic (exact) mass is 446 g/mol. The van der Waals surface area contributed by atoms with Crippen LogP contribution in [0.2, 0.25) is 5.02 Å². The lowest BCUT2D eigenvalue weighted by atomic mass is 10.0. The molecule has 0 saturated carbocycles. The Labute approximate surface area is 192 Å². The highest BCUT2D eigenvalue weighted by atomic mass is 35.5. The van der Waals surface area contributed by atoms with Gasteiger partial charge in [-0.15, -0.1) is 0 Å². The third-order valence-electron chi connectivity index (χ3n) is 5.61.